The number of hydrogen-bond donors (Lipinski definition) is 4. The van der Waals surface area contributed by atoms with Gasteiger partial charge in [0.15, 0.2) is 6.10 Å². The number of aliphatic hydroxyl groups is 2. The van der Waals surface area contributed by atoms with E-state index in [4.69, 9.17) is 32.3 Å². The Bertz CT molecular complexity index is 3050. The molecule has 4 N–H and O–H groups in total. The number of carbonyl (C=O) groups is 3. The van der Waals surface area contributed by atoms with Crippen LogP contribution in [0.15, 0.2) is 194 Å². The second kappa shape index (κ2) is 97.4. The van der Waals surface area contributed by atoms with Crippen molar-refractivity contribution in [2.45, 2.75) is 424 Å². The standard InChI is InChI=1S/C107H180O16P2/c1-4-7-10-13-16-19-22-25-28-31-34-37-40-43-45-47-49-50-52-54-55-58-60-63-66-69-72-75-78-81-84-87-90-93-105(110)117-96-102(108)97-119-124(113,114)120-98-103(109)99-121-125(115,116)122-101-104(123-107(112)95-92-89-86-83-80-77-74-71-68-65-62-57-42-39-36-33-30-27-24-21-18-15-12-9-6-3)100-118-106(111)94-91-88-85-82-79-76-73-70-67-64-61-59-56-53-51-48-46-44-41-38-35-32-29-26-23-20-17-14-11-8-5-2/h7-12,16-21,25-30,34-39,43-46,49-50,57,62,102-104,108-109H,4-6,13-15,22-24,31-33,40-42,47-48,51-56,58-61,63-101H2,1-3H3,(H,113,114)(H,115,116)/b10-7-,11-8-,12-9-,19-16-,20-17-,21-18-,28-25-,29-26-,30-27-,37-34-,38-35-,39-36-,45-43-,46-44-,50-49-,62-57-. The first-order valence-corrected chi connectivity index (χ1v) is 52.7. The molecule has 0 bridgehead atoms. The Morgan fingerprint density at radius 1 is 0.224 bits per heavy atom. The van der Waals surface area contributed by atoms with Crippen LogP contribution in [0.2, 0.25) is 0 Å². The molecule has 5 unspecified atom stereocenters. The Labute approximate surface area is 763 Å². The van der Waals surface area contributed by atoms with E-state index in [1.165, 1.54) is 167 Å². The second-order valence-electron chi connectivity index (χ2n) is 32.8. The average molecular weight is 1780 g/mol. The second-order valence-corrected chi connectivity index (χ2v) is 35.7. The Morgan fingerprint density at radius 2 is 0.400 bits per heavy atom. The summed E-state index contributed by atoms with van der Waals surface area (Å²) in [5, 5.41) is 20.8. The topological polar surface area (TPSA) is 231 Å². The molecule has 0 saturated heterocycles. The number of esters is 3. The maximum absolute atomic E-state index is 13.1. The summed E-state index contributed by atoms with van der Waals surface area (Å²) >= 11 is 0. The van der Waals surface area contributed by atoms with Gasteiger partial charge in [0.2, 0.25) is 0 Å². The molecule has 0 aliphatic carbocycles. The molecule has 0 aliphatic rings. The first-order valence-electron chi connectivity index (χ1n) is 49.7. The molecule has 0 aromatic heterocycles. The Hall–Kier alpha value is -5.61. The van der Waals surface area contributed by atoms with E-state index in [1.54, 1.807) is 0 Å². The van der Waals surface area contributed by atoms with Crippen LogP contribution in [-0.2, 0) is 55.8 Å². The van der Waals surface area contributed by atoms with Gasteiger partial charge in [-0.05, 0) is 161 Å². The van der Waals surface area contributed by atoms with Crippen molar-refractivity contribution in [3.63, 3.8) is 0 Å². The Balaban J connectivity index is 4.61. The molecule has 5 atom stereocenters. The zero-order chi connectivity index (χ0) is 90.7. The molecule has 714 valence electrons. The van der Waals surface area contributed by atoms with Gasteiger partial charge >= 0.3 is 33.6 Å². The van der Waals surface area contributed by atoms with E-state index >= 15 is 0 Å². The summed E-state index contributed by atoms with van der Waals surface area (Å²) in [6.07, 6.45) is 131. The summed E-state index contributed by atoms with van der Waals surface area (Å²) in [6.45, 7) is 2.39. The molecule has 0 spiro atoms. The molecule has 0 aromatic carbocycles. The third-order valence-corrected chi connectivity index (χ3v) is 22.7. The summed E-state index contributed by atoms with van der Waals surface area (Å²) in [7, 11) is -9.82. The van der Waals surface area contributed by atoms with Gasteiger partial charge in [-0.3, -0.25) is 32.5 Å². The highest BCUT2D eigenvalue weighted by atomic mass is 31.2. The molecular formula is C107H180O16P2. The van der Waals surface area contributed by atoms with Crippen LogP contribution < -0.4 is 0 Å². The van der Waals surface area contributed by atoms with E-state index < -0.39 is 91.5 Å². The largest absolute Gasteiger partial charge is 0.472 e. The molecule has 0 saturated carbocycles. The lowest BCUT2D eigenvalue weighted by molar-refractivity contribution is -0.161. The lowest BCUT2D eigenvalue weighted by Crippen LogP contribution is -2.30. The Kier molecular flexibility index (Phi) is 93.1. The van der Waals surface area contributed by atoms with Gasteiger partial charge in [-0.15, -0.1) is 0 Å². The summed E-state index contributed by atoms with van der Waals surface area (Å²) in [5.74, 6) is -1.57. The van der Waals surface area contributed by atoms with Crippen LogP contribution in [0.5, 0.6) is 0 Å². The van der Waals surface area contributed by atoms with E-state index in [1.807, 2.05) is 0 Å². The number of rotatable bonds is 93. The quantitative estimate of drug-likeness (QED) is 0.0146. The minimum absolute atomic E-state index is 0.0927. The number of phosphoric ester groups is 2. The van der Waals surface area contributed by atoms with Gasteiger partial charge in [-0.2, -0.15) is 0 Å². The first kappa shape index (κ1) is 119. The predicted molar refractivity (Wildman–Crippen MR) is 528 cm³/mol. The molecule has 18 heteroatoms. The van der Waals surface area contributed by atoms with E-state index in [9.17, 15) is 43.5 Å². The van der Waals surface area contributed by atoms with Crippen LogP contribution in [0, 0.1) is 0 Å². The monoisotopic (exact) mass is 1780 g/mol. The van der Waals surface area contributed by atoms with Gasteiger partial charge < -0.3 is 34.2 Å². The molecule has 0 heterocycles. The van der Waals surface area contributed by atoms with Crippen molar-refractivity contribution in [2.75, 3.05) is 39.6 Å². The molecule has 0 radical (unpaired) electrons. The highest BCUT2D eigenvalue weighted by molar-refractivity contribution is 7.47. The smallest absolute Gasteiger partial charge is 0.463 e. The van der Waals surface area contributed by atoms with Crippen molar-refractivity contribution >= 4 is 33.6 Å². The normalized spacial score (nSPS) is 14.5. The van der Waals surface area contributed by atoms with E-state index in [0.717, 1.165) is 180 Å². The fourth-order valence-electron chi connectivity index (χ4n) is 13.4. The number of hydrogen-bond acceptors (Lipinski definition) is 14. The molecule has 0 rings (SSSR count). The molecule has 0 aromatic rings. The number of carbonyl (C=O) groups excluding carboxylic acids is 3. The molecule has 125 heavy (non-hydrogen) atoms. The van der Waals surface area contributed by atoms with Crippen LogP contribution in [0.4, 0.5) is 0 Å². The predicted octanol–water partition coefficient (Wildman–Crippen LogP) is 31.3. The van der Waals surface area contributed by atoms with Crippen LogP contribution >= 0.6 is 15.6 Å². The highest BCUT2D eigenvalue weighted by Crippen LogP contribution is 2.45. The number of phosphoric acid groups is 2. The van der Waals surface area contributed by atoms with Gasteiger partial charge in [0.1, 0.15) is 25.4 Å². The third kappa shape index (κ3) is 98.8. The van der Waals surface area contributed by atoms with Crippen molar-refractivity contribution in [3.05, 3.63) is 194 Å². The van der Waals surface area contributed by atoms with E-state index in [0.29, 0.717) is 19.3 Å². The maximum Gasteiger partial charge on any atom is 0.472 e. The summed E-state index contributed by atoms with van der Waals surface area (Å²) in [4.78, 5) is 59.2. The molecule has 0 fully saturated rings. The molecule has 0 aliphatic heterocycles. The van der Waals surface area contributed by atoms with Crippen molar-refractivity contribution < 1.29 is 75.8 Å². The van der Waals surface area contributed by atoms with E-state index in [2.05, 4.69) is 215 Å². The van der Waals surface area contributed by atoms with Crippen molar-refractivity contribution in [1.82, 2.24) is 0 Å². The third-order valence-electron chi connectivity index (χ3n) is 20.8. The minimum atomic E-state index is -4.95. The fourth-order valence-corrected chi connectivity index (χ4v) is 15.0. The zero-order valence-electron chi connectivity index (χ0n) is 79.0. The highest BCUT2D eigenvalue weighted by Gasteiger charge is 2.30. The summed E-state index contributed by atoms with van der Waals surface area (Å²) < 4.78 is 61.7. The van der Waals surface area contributed by atoms with Gasteiger partial charge in [0.25, 0.3) is 0 Å². The minimum Gasteiger partial charge on any atom is -0.463 e. The fraction of sp³-hybridized carbons (Fsp3) is 0.673. The van der Waals surface area contributed by atoms with Crippen LogP contribution in [0.3, 0.4) is 0 Å². The number of unbranched alkanes of at least 4 members (excludes halogenated alkanes) is 38. The average Bonchev–Trinajstić information content (AvgIpc) is 0.902. The number of ether oxygens (including phenoxy) is 3. The molecule has 0 amide bonds. The van der Waals surface area contributed by atoms with Crippen LogP contribution in [0.25, 0.3) is 0 Å². The van der Waals surface area contributed by atoms with Crippen LogP contribution in [-0.4, -0.2) is 95.9 Å². The van der Waals surface area contributed by atoms with Crippen molar-refractivity contribution in [1.29, 1.82) is 0 Å². The van der Waals surface area contributed by atoms with Gasteiger partial charge in [0, 0.05) is 19.3 Å². The lowest BCUT2D eigenvalue weighted by Gasteiger charge is -2.21. The zero-order valence-corrected chi connectivity index (χ0v) is 80.7. The Morgan fingerprint density at radius 3 is 0.632 bits per heavy atom. The van der Waals surface area contributed by atoms with Gasteiger partial charge in [-0.1, -0.05) is 421 Å². The summed E-state index contributed by atoms with van der Waals surface area (Å²) in [5.41, 5.74) is 0. The molecule has 16 nitrogen and oxygen atoms in total. The van der Waals surface area contributed by atoms with Crippen LogP contribution in [0.1, 0.15) is 406 Å². The SMILES string of the molecule is CC/C=C\C/C=C\C/C=C\C/C=C\C/C=C\C/C=C\CCCCCCCCCCCCCCCCC(=O)OCC(O)COP(=O)(O)OCC(O)COP(=O)(O)OCC(COC(=O)CCCCCCCCCCCCCCCCC/C=C\C/C=C\C/C=C\C/C=C\C/C=C\CC)OC(=O)CCCCCCCCCCC/C=C\C/C=C\C/C=C\C/C=C\C/C=C\CC. The first-order chi connectivity index (χ1) is 61.2. The molecular weight excluding hydrogens is 1600 g/mol. The summed E-state index contributed by atoms with van der Waals surface area (Å²) in [6, 6.07) is 0. The van der Waals surface area contributed by atoms with Gasteiger partial charge in [0.05, 0.1) is 26.4 Å². The van der Waals surface area contributed by atoms with E-state index in [-0.39, 0.29) is 19.3 Å². The van der Waals surface area contributed by atoms with Gasteiger partial charge in [-0.25, -0.2) is 9.13 Å². The van der Waals surface area contributed by atoms with Crippen molar-refractivity contribution in [2.24, 2.45) is 0 Å². The number of allylic oxidation sites excluding steroid dienone is 32. The lowest BCUT2D eigenvalue weighted by atomic mass is 10.0. The maximum atomic E-state index is 13.1. The van der Waals surface area contributed by atoms with Crippen molar-refractivity contribution in [3.8, 4) is 0 Å². The number of aliphatic hydroxyl groups excluding tert-OH is 2.